The molecule has 11 nitrogen and oxygen atoms in total. The minimum absolute atomic E-state index is 0.192. The standard InChI is InChI=1S/C20H17N7O4/c21-17(28)13-7-15(22-9-13)19(30)24-14-3-1-2-11(6-14)8-23-18(29)12-4-5-16-25-26-20(31)27(16)10-12/h1-7,9-10,22H,8H2,(H2,21,28)(H,23,29)(H,24,30)(H,26,31). The molecule has 0 bridgehead atoms. The van der Waals surface area contributed by atoms with Gasteiger partial charge in [0.2, 0.25) is 5.91 Å². The normalized spacial score (nSPS) is 10.7. The van der Waals surface area contributed by atoms with E-state index in [0.29, 0.717) is 16.9 Å². The molecule has 0 unspecified atom stereocenters. The number of carbonyl (C=O) groups excluding carboxylic acids is 3. The van der Waals surface area contributed by atoms with E-state index in [1.165, 1.54) is 22.9 Å². The van der Waals surface area contributed by atoms with Gasteiger partial charge in [0.25, 0.3) is 11.8 Å². The number of carbonyl (C=O) groups is 3. The Kier molecular flexibility index (Phi) is 5.06. The lowest BCUT2D eigenvalue weighted by molar-refractivity contribution is 0.0948. The van der Waals surface area contributed by atoms with Crippen molar-refractivity contribution in [1.29, 1.82) is 0 Å². The van der Waals surface area contributed by atoms with Crippen molar-refractivity contribution < 1.29 is 14.4 Å². The topological polar surface area (TPSA) is 167 Å². The molecule has 0 fully saturated rings. The number of rotatable bonds is 6. The van der Waals surface area contributed by atoms with Crippen molar-refractivity contribution in [2.45, 2.75) is 6.54 Å². The summed E-state index contributed by atoms with van der Waals surface area (Å²) in [4.78, 5) is 50.3. The molecule has 0 aliphatic heterocycles. The lowest BCUT2D eigenvalue weighted by atomic mass is 10.2. The predicted octanol–water partition coefficient (Wildman–Crippen LogP) is 0.632. The number of aromatic nitrogens is 4. The average Bonchev–Trinajstić information content (AvgIpc) is 3.40. The second kappa shape index (κ2) is 7.99. The molecule has 3 aromatic heterocycles. The first kappa shape index (κ1) is 19.6. The fraction of sp³-hybridized carbons (Fsp3) is 0.0500. The highest BCUT2D eigenvalue weighted by Gasteiger charge is 2.12. The number of H-pyrrole nitrogens is 2. The summed E-state index contributed by atoms with van der Waals surface area (Å²) in [6, 6.07) is 11.4. The van der Waals surface area contributed by atoms with Gasteiger partial charge in [0.1, 0.15) is 5.69 Å². The number of anilines is 1. The highest BCUT2D eigenvalue weighted by Crippen LogP contribution is 2.13. The van der Waals surface area contributed by atoms with Crippen LogP contribution in [0.2, 0.25) is 0 Å². The van der Waals surface area contributed by atoms with Crippen LogP contribution in [0.1, 0.15) is 36.8 Å². The van der Waals surface area contributed by atoms with E-state index in [9.17, 15) is 19.2 Å². The fourth-order valence-corrected chi connectivity index (χ4v) is 2.95. The van der Waals surface area contributed by atoms with Gasteiger partial charge in [0.05, 0.1) is 11.1 Å². The molecule has 3 amide bonds. The Labute approximate surface area is 174 Å². The fourth-order valence-electron chi connectivity index (χ4n) is 2.95. The Morgan fingerprint density at radius 2 is 1.90 bits per heavy atom. The van der Waals surface area contributed by atoms with E-state index in [2.05, 4.69) is 25.8 Å². The van der Waals surface area contributed by atoms with Crippen molar-refractivity contribution in [3.8, 4) is 0 Å². The molecule has 4 aromatic rings. The van der Waals surface area contributed by atoms with Crippen LogP contribution in [0, 0.1) is 0 Å². The van der Waals surface area contributed by atoms with E-state index < -0.39 is 17.5 Å². The van der Waals surface area contributed by atoms with Gasteiger partial charge in [0, 0.05) is 24.6 Å². The minimum Gasteiger partial charge on any atom is -0.366 e. The minimum atomic E-state index is -0.634. The monoisotopic (exact) mass is 419 g/mol. The third-order valence-corrected chi connectivity index (χ3v) is 4.52. The maximum atomic E-state index is 12.4. The maximum absolute atomic E-state index is 12.4. The van der Waals surface area contributed by atoms with E-state index in [4.69, 9.17) is 5.73 Å². The van der Waals surface area contributed by atoms with Crippen LogP contribution in [0.4, 0.5) is 5.69 Å². The second-order valence-electron chi connectivity index (χ2n) is 6.68. The van der Waals surface area contributed by atoms with E-state index in [-0.39, 0.29) is 23.7 Å². The van der Waals surface area contributed by atoms with Crippen LogP contribution in [0.3, 0.4) is 0 Å². The zero-order valence-corrected chi connectivity index (χ0v) is 16.0. The molecule has 0 radical (unpaired) electrons. The Morgan fingerprint density at radius 1 is 1.06 bits per heavy atom. The number of hydrogen-bond acceptors (Lipinski definition) is 5. The summed E-state index contributed by atoms with van der Waals surface area (Å²) in [5.74, 6) is -1.44. The molecule has 0 aliphatic carbocycles. The Balaban J connectivity index is 1.41. The molecule has 11 heteroatoms. The summed E-state index contributed by atoms with van der Waals surface area (Å²) in [6.45, 7) is 0.204. The lowest BCUT2D eigenvalue weighted by Crippen LogP contribution is -2.24. The summed E-state index contributed by atoms with van der Waals surface area (Å²) in [5.41, 5.74) is 7.12. The van der Waals surface area contributed by atoms with Crippen molar-refractivity contribution in [2.24, 2.45) is 5.73 Å². The van der Waals surface area contributed by atoms with Gasteiger partial charge in [-0.15, -0.1) is 0 Å². The first-order chi connectivity index (χ1) is 14.9. The Bertz CT molecular complexity index is 1370. The number of amides is 3. The van der Waals surface area contributed by atoms with Crippen molar-refractivity contribution in [1.82, 2.24) is 24.9 Å². The van der Waals surface area contributed by atoms with Crippen molar-refractivity contribution in [3.63, 3.8) is 0 Å². The molecule has 0 saturated heterocycles. The number of benzene rings is 1. The van der Waals surface area contributed by atoms with E-state index in [1.807, 2.05) is 0 Å². The van der Waals surface area contributed by atoms with Gasteiger partial charge in [-0.2, -0.15) is 5.10 Å². The van der Waals surface area contributed by atoms with Crippen LogP contribution in [-0.2, 0) is 6.54 Å². The van der Waals surface area contributed by atoms with Crippen molar-refractivity contribution >= 4 is 29.1 Å². The number of primary amides is 1. The molecule has 4 rings (SSSR count). The van der Waals surface area contributed by atoms with Gasteiger partial charge >= 0.3 is 5.69 Å². The molecular weight excluding hydrogens is 402 g/mol. The summed E-state index contributed by atoms with van der Waals surface area (Å²) < 4.78 is 1.25. The maximum Gasteiger partial charge on any atom is 0.347 e. The average molecular weight is 419 g/mol. The number of nitrogens with zero attached hydrogens (tertiary/aromatic N) is 2. The molecule has 0 spiro atoms. The number of hydrogen-bond donors (Lipinski definition) is 5. The number of fused-ring (bicyclic) bond motifs is 1. The smallest absolute Gasteiger partial charge is 0.347 e. The van der Waals surface area contributed by atoms with E-state index in [1.54, 1.807) is 36.4 Å². The largest absolute Gasteiger partial charge is 0.366 e. The molecule has 3 heterocycles. The molecule has 0 atom stereocenters. The summed E-state index contributed by atoms with van der Waals surface area (Å²) >= 11 is 0. The van der Waals surface area contributed by atoms with Crippen molar-refractivity contribution in [3.05, 3.63) is 87.7 Å². The number of pyridine rings is 1. The first-order valence-corrected chi connectivity index (χ1v) is 9.14. The predicted molar refractivity (Wildman–Crippen MR) is 111 cm³/mol. The van der Waals surface area contributed by atoms with Gasteiger partial charge in [0.15, 0.2) is 5.65 Å². The van der Waals surface area contributed by atoms with E-state index >= 15 is 0 Å². The Morgan fingerprint density at radius 3 is 2.68 bits per heavy atom. The molecule has 0 saturated carbocycles. The van der Waals surface area contributed by atoms with Gasteiger partial charge in [-0.25, -0.2) is 14.3 Å². The van der Waals surface area contributed by atoms with Crippen LogP contribution in [0.15, 0.2) is 59.7 Å². The third kappa shape index (κ3) is 4.19. The van der Waals surface area contributed by atoms with Gasteiger partial charge < -0.3 is 21.4 Å². The molecule has 156 valence electrons. The van der Waals surface area contributed by atoms with Crippen LogP contribution in [-0.4, -0.2) is 37.3 Å². The number of nitrogens with one attached hydrogen (secondary N) is 4. The lowest BCUT2D eigenvalue weighted by Gasteiger charge is -2.08. The zero-order valence-electron chi connectivity index (χ0n) is 16.0. The molecule has 1 aromatic carbocycles. The van der Waals surface area contributed by atoms with Gasteiger partial charge in [-0.1, -0.05) is 12.1 Å². The summed E-state index contributed by atoms with van der Waals surface area (Å²) in [5, 5.41) is 11.6. The number of nitrogens with two attached hydrogens (primary N) is 1. The Hall–Kier alpha value is -4.67. The van der Waals surface area contributed by atoms with Crippen LogP contribution < -0.4 is 22.1 Å². The SMILES string of the molecule is NC(=O)c1c[nH]c(C(=O)Nc2cccc(CNC(=O)c3ccc4n[nH]c(=O)n4c3)c2)c1. The van der Waals surface area contributed by atoms with Gasteiger partial charge in [-0.3, -0.25) is 14.4 Å². The zero-order chi connectivity index (χ0) is 22.0. The second-order valence-corrected chi connectivity index (χ2v) is 6.68. The van der Waals surface area contributed by atoms with Gasteiger partial charge in [-0.05, 0) is 35.9 Å². The van der Waals surface area contributed by atoms with Crippen LogP contribution in [0.5, 0.6) is 0 Å². The third-order valence-electron chi connectivity index (χ3n) is 4.52. The highest BCUT2D eigenvalue weighted by molar-refractivity contribution is 6.05. The van der Waals surface area contributed by atoms with Crippen molar-refractivity contribution in [2.75, 3.05) is 5.32 Å². The molecule has 0 aliphatic rings. The molecule has 6 N–H and O–H groups in total. The highest BCUT2D eigenvalue weighted by atomic mass is 16.2. The number of aromatic amines is 2. The molecular formula is C20H17N7O4. The van der Waals surface area contributed by atoms with Crippen LogP contribution in [0.25, 0.3) is 5.65 Å². The summed E-state index contributed by atoms with van der Waals surface area (Å²) in [7, 11) is 0. The van der Waals surface area contributed by atoms with Crippen LogP contribution >= 0.6 is 0 Å². The summed E-state index contributed by atoms with van der Waals surface area (Å²) in [6.07, 6.45) is 2.77. The first-order valence-electron chi connectivity index (χ1n) is 9.14. The van der Waals surface area contributed by atoms with E-state index in [0.717, 1.165) is 5.56 Å². The molecule has 31 heavy (non-hydrogen) atoms. The quantitative estimate of drug-likeness (QED) is 0.308.